The van der Waals surface area contributed by atoms with Gasteiger partial charge in [0.15, 0.2) is 22.5 Å². The van der Waals surface area contributed by atoms with Gasteiger partial charge in [-0.1, -0.05) is 23.4 Å². The third-order valence-corrected chi connectivity index (χ3v) is 6.15. The van der Waals surface area contributed by atoms with Crippen molar-refractivity contribution >= 4 is 35.0 Å². The van der Waals surface area contributed by atoms with Crippen LogP contribution in [-0.2, 0) is 11.8 Å². The van der Waals surface area contributed by atoms with Crippen LogP contribution in [0, 0.1) is 0 Å². The van der Waals surface area contributed by atoms with E-state index in [1.807, 2.05) is 7.05 Å². The number of amides is 1. The lowest BCUT2D eigenvalue weighted by molar-refractivity contribution is -0.113. The van der Waals surface area contributed by atoms with Crippen molar-refractivity contribution in [2.45, 2.75) is 5.16 Å². The van der Waals surface area contributed by atoms with E-state index >= 15 is 0 Å². The molecule has 1 N–H and O–H groups in total. The van der Waals surface area contributed by atoms with Gasteiger partial charge in [0.25, 0.3) is 0 Å². The first-order chi connectivity index (χ1) is 16.4. The molecule has 10 nitrogen and oxygen atoms in total. The third-order valence-electron chi connectivity index (χ3n) is 4.84. The minimum atomic E-state index is -0.259. The predicted octanol–water partition coefficient (Wildman–Crippen LogP) is 3.91. The first-order valence-corrected chi connectivity index (χ1v) is 11.3. The Balaban J connectivity index is 1.76. The van der Waals surface area contributed by atoms with Crippen LogP contribution in [0.15, 0.2) is 29.4 Å². The van der Waals surface area contributed by atoms with Crippen molar-refractivity contribution in [3.8, 4) is 40.1 Å². The van der Waals surface area contributed by atoms with Crippen LogP contribution in [0.3, 0.4) is 0 Å². The summed E-state index contributed by atoms with van der Waals surface area (Å²) in [6, 6.07) is 6.75. The van der Waals surface area contributed by atoms with E-state index in [-0.39, 0.29) is 11.7 Å². The summed E-state index contributed by atoms with van der Waals surface area (Å²) in [5.41, 5.74) is 1.17. The van der Waals surface area contributed by atoms with E-state index in [1.54, 1.807) is 43.1 Å². The molecule has 0 saturated carbocycles. The zero-order valence-corrected chi connectivity index (χ0v) is 21.2. The molecule has 0 atom stereocenters. The Bertz CT molecular complexity index is 1160. The highest BCUT2D eigenvalue weighted by Crippen LogP contribution is 2.41. The lowest BCUT2D eigenvalue weighted by atomic mass is 10.1. The molecule has 0 aliphatic carbocycles. The number of methoxy groups -OCH3 is 5. The minimum Gasteiger partial charge on any atom is -0.495 e. The number of carbonyl (C=O) groups is 1. The number of rotatable bonds is 10. The Hall–Kier alpha value is -3.31. The number of halogens is 1. The number of thioether (sulfide) groups is 1. The number of carbonyl (C=O) groups excluding carboxylic acids is 1. The maximum atomic E-state index is 12.6. The molecule has 1 amide bonds. The van der Waals surface area contributed by atoms with Gasteiger partial charge >= 0.3 is 0 Å². The fraction of sp³-hybridized carbons (Fsp3) is 0.318. The van der Waals surface area contributed by atoms with Crippen LogP contribution in [0.5, 0.6) is 28.7 Å². The van der Waals surface area contributed by atoms with Crippen LogP contribution in [0.4, 0.5) is 5.69 Å². The summed E-state index contributed by atoms with van der Waals surface area (Å²) >= 11 is 7.36. The van der Waals surface area contributed by atoms with Crippen molar-refractivity contribution in [3.63, 3.8) is 0 Å². The van der Waals surface area contributed by atoms with E-state index in [0.717, 1.165) is 5.56 Å². The lowest BCUT2D eigenvalue weighted by Crippen LogP contribution is -2.15. The van der Waals surface area contributed by atoms with Crippen LogP contribution < -0.4 is 29.0 Å². The van der Waals surface area contributed by atoms with Crippen LogP contribution >= 0.6 is 23.4 Å². The molecule has 1 heterocycles. The van der Waals surface area contributed by atoms with Crippen molar-refractivity contribution < 1.29 is 28.5 Å². The molecule has 0 aliphatic rings. The Labute approximate surface area is 206 Å². The second kappa shape index (κ2) is 11.2. The van der Waals surface area contributed by atoms with Crippen LogP contribution in [0.1, 0.15) is 0 Å². The molecule has 1 aromatic heterocycles. The number of ether oxygens (including phenoxy) is 5. The van der Waals surface area contributed by atoms with Crippen molar-refractivity contribution in [1.82, 2.24) is 14.8 Å². The number of hydrogen-bond acceptors (Lipinski definition) is 9. The zero-order valence-electron chi connectivity index (χ0n) is 19.6. The normalized spacial score (nSPS) is 10.6. The number of aromatic nitrogens is 3. The Morgan fingerprint density at radius 1 is 0.912 bits per heavy atom. The average molecular weight is 509 g/mol. The fourth-order valence-electron chi connectivity index (χ4n) is 3.18. The maximum absolute atomic E-state index is 12.6. The van der Waals surface area contributed by atoms with Gasteiger partial charge in [-0.3, -0.25) is 4.79 Å². The molecule has 12 heteroatoms. The van der Waals surface area contributed by atoms with Crippen molar-refractivity contribution in [1.29, 1.82) is 0 Å². The first-order valence-electron chi connectivity index (χ1n) is 9.90. The largest absolute Gasteiger partial charge is 0.495 e. The quantitative estimate of drug-likeness (QED) is 0.408. The Morgan fingerprint density at radius 3 is 2.09 bits per heavy atom. The van der Waals surface area contributed by atoms with Crippen molar-refractivity contribution in [2.24, 2.45) is 7.05 Å². The summed E-state index contributed by atoms with van der Waals surface area (Å²) in [6.07, 6.45) is 0. The predicted molar refractivity (Wildman–Crippen MR) is 130 cm³/mol. The molecule has 182 valence electrons. The van der Waals surface area contributed by atoms with Gasteiger partial charge in [0.1, 0.15) is 11.5 Å². The summed E-state index contributed by atoms with van der Waals surface area (Å²) in [6.45, 7) is 0. The summed E-state index contributed by atoms with van der Waals surface area (Å²) in [4.78, 5) is 12.6. The van der Waals surface area contributed by atoms with Gasteiger partial charge in [0, 0.05) is 24.7 Å². The number of benzene rings is 2. The Kier molecular flexibility index (Phi) is 8.35. The van der Waals surface area contributed by atoms with E-state index < -0.39 is 0 Å². The lowest BCUT2D eigenvalue weighted by Gasteiger charge is -2.14. The second-order valence-electron chi connectivity index (χ2n) is 6.80. The fourth-order valence-corrected chi connectivity index (χ4v) is 4.12. The summed E-state index contributed by atoms with van der Waals surface area (Å²) in [5, 5.41) is 12.2. The number of anilines is 1. The van der Waals surface area contributed by atoms with Gasteiger partial charge in [-0.25, -0.2) is 0 Å². The number of nitrogens with zero attached hydrogens (tertiary/aromatic N) is 3. The first kappa shape index (κ1) is 25.3. The summed E-state index contributed by atoms with van der Waals surface area (Å²) < 4.78 is 28.5. The van der Waals surface area contributed by atoms with Gasteiger partial charge in [-0.05, 0) is 12.1 Å². The van der Waals surface area contributed by atoms with Gasteiger partial charge in [0.05, 0.1) is 52.0 Å². The third kappa shape index (κ3) is 5.26. The minimum absolute atomic E-state index is 0.0926. The molecule has 3 aromatic rings. The van der Waals surface area contributed by atoms with E-state index in [4.69, 9.17) is 35.3 Å². The van der Waals surface area contributed by atoms with Gasteiger partial charge in [-0.15, -0.1) is 10.2 Å². The Morgan fingerprint density at radius 2 is 1.53 bits per heavy atom. The molecule has 0 aliphatic heterocycles. The molecular formula is C22H25ClN4O6S. The summed E-state index contributed by atoms with van der Waals surface area (Å²) in [5.74, 6) is 2.74. The van der Waals surface area contributed by atoms with Gasteiger partial charge < -0.3 is 33.6 Å². The molecule has 0 saturated heterocycles. The standard InChI is InChI=1S/C22H25ClN4O6S/c1-27-21(12-7-17(31-4)20(33-6)18(8-12)32-5)25-26-22(27)34-11-19(28)24-14-10-15(29-2)13(23)9-16(14)30-3/h7-10H,11H2,1-6H3,(H,24,28). The number of hydrogen-bond donors (Lipinski definition) is 1. The van der Waals surface area contributed by atoms with Crippen LogP contribution in [0.25, 0.3) is 11.4 Å². The topological polar surface area (TPSA) is 106 Å². The van der Waals surface area contributed by atoms with E-state index in [1.165, 1.54) is 33.1 Å². The smallest absolute Gasteiger partial charge is 0.234 e. The molecule has 2 aromatic carbocycles. The van der Waals surface area contributed by atoms with Gasteiger partial charge in [0.2, 0.25) is 11.7 Å². The maximum Gasteiger partial charge on any atom is 0.234 e. The molecular weight excluding hydrogens is 484 g/mol. The zero-order chi connectivity index (χ0) is 24.8. The van der Waals surface area contributed by atoms with Gasteiger partial charge in [-0.2, -0.15) is 0 Å². The highest BCUT2D eigenvalue weighted by atomic mass is 35.5. The average Bonchev–Trinajstić information content (AvgIpc) is 3.22. The second-order valence-corrected chi connectivity index (χ2v) is 8.15. The summed E-state index contributed by atoms with van der Waals surface area (Å²) in [7, 11) is 9.43. The molecule has 34 heavy (non-hydrogen) atoms. The molecule has 0 spiro atoms. The van der Waals surface area contributed by atoms with Crippen molar-refractivity contribution in [3.05, 3.63) is 29.3 Å². The molecule has 0 bridgehead atoms. The molecule has 3 rings (SSSR count). The molecule has 0 radical (unpaired) electrons. The van der Waals surface area contributed by atoms with Crippen LogP contribution in [-0.4, -0.2) is 62.0 Å². The highest BCUT2D eigenvalue weighted by Gasteiger charge is 2.19. The highest BCUT2D eigenvalue weighted by molar-refractivity contribution is 7.99. The number of nitrogens with one attached hydrogen (secondary N) is 1. The molecule has 0 fully saturated rings. The SMILES string of the molecule is COc1cc(NC(=O)CSc2nnc(-c3cc(OC)c(OC)c(OC)c3)n2C)c(OC)cc1Cl. The van der Waals surface area contributed by atoms with Crippen molar-refractivity contribution in [2.75, 3.05) is 46.6 Å². The monoisotopic (exact) mass is 508 g/mol. The van der Waals surface area contributed by atoms with Crippen LogP contribution in [0.2, 0.25) is 5.02 Å². The molecule has 0 unspecified atom stereocenters. The van der Waals surface area contributed by atoms with E-state index in [0.29, 0.717) is 50.4 Å². The van der Waals surface area contributed by atoms with E-state index in [2.05, 4.69) is 15.5 Å². The van der Waals surface area contributed by atoms with E-state index in [9.17, 15) is 4.79 Å².